The number of ketones is 1. The number of hydrogen-bond donors (Lipinski definition) is 0. The van der Waals surface area contributed by atoms with Crippen molar-refractivity contribution >= 4 is 17.1 Å². The SMILES string of the molecule is O=C(Cc1nccs1)c1cncnc1. The van der Waals surface area contributed by atoms with Gasteiger partial charge in [-0.05, 0) is 0 Å². The predicted molar refractivity (Wildman–Crippen MR) is 52.2 cm³/mol. The molecule has 0 bridgehead atoms. The molecule has 0 saturated heterocycles. The number of carbonyl (C=O) groups is 1. The molecule has 0 radical (unpaired) electrons. The van der Waals surface area contributed by atoms with E-state index in [4.69, 9.17) is 0 Å². The maximum absolute atomic E-state index is 11.6. The first kappa shape index (κ1) is 8.96. The summed E-state index contributed by atoms with van der Waals surface area (Å²) in [5.41, 5.74) is 0.530. The van der Waals surface area contributed by atoms with E-state index in [1.54, 1.807) is 6.20 Å². The lowest BCUT2D eigenvalue weighted by Gasteiger charge is -1.95. The van der Waals surface area contributed by atoms with Crippen LogP contribution < -0.4 is 0 Å². The van der Waals surface area contributed by atoms with Crippen LogP contribution in [0.5, 0.6) is 0 Å². The van der Waals surface area contributed by atoms with Gasteiger partial charge in [-0.3, -0.25) is 4.79 Å². The van der Waals surface area contributed by atoms with E-state index >= 15 is 0 Å². The van der Waals surface area contributed by atoms with Crippen LogP contribution in [0.3, 0.4) is 0 Å². The lowest BCUT2D eigenvalue weighted by atomic mass is 10.2. The molecule has 5 heteroatoms. The summed E-state index contributed by atoms with van der Waals surface area (Å²) in [4.78, 5) is 23.2. The largest absolute Gasteiger partial charge is 0.294 e. The van der Waals surface area contributed by atoms with E-state index in [1.807, 2.05) is 5.38 Å². The van der Waals surface area contributed by atoms with Gasteiger partial charge in [0.2, 0.25) is 0 Å². The van der Waals surface area contributed by atoms with E-state index in [2.05, 4.69) is 15.0 Å². The van der Waals surface area contributed by atoms with Crippen LogP contribution in [0.25, 0.3) is 0 Å². The normalized spacial score (nSPS) is 10.0. The zero-order valence-electron chi connectivity index (χ0n) is 7.25. The summed E-state index contributed by atoms with van der Waals surface area (Å²) in [5.74, 6) is 0.000509. The second-order valence-corrected chi connectivity index (χ2v) is 3.63. The highest BCUT2D eigenvalue weighted by Gasteiger charge is 2.08. The molecule has 2 aromatic heterocycles. The molecule has 2 rings (SSSR count). The molecule has 0 aliphatic carbocycles. The monoisotopic (exact) mass is 205 g/mol. The summed E-state index contributed by atoms with van der Waals surface area (Å²) in [5, 5.41) is 2.67. The highest BCUT2D eigenvalue weighted by atomic mass is 32.1. The van der Waals surface area contributed by atoms with E-state index < -0.39 is 0 Å². The predicted octanol–water partition coefficient (Wildman–Crippen LogP) is 1.36. The van der Waals surface area contributed by atoms with Crippen LogP contribution in [0.4, 0.5) is 0 Å². The molecule has 0 spiro atoms. The number of Topliss-reactive ketones (excluding diaryl/α,β-unsaturated/α-hetero) is 1. The quantitative estimate of drug-likeness (QED) is 0.710. The molecular formula is C9H7N3OS. The number of rotatable bonds is 3. The molecule has 0 N–H and O–H groups in total. The van der Waals surface area contributed by atoms with Crippen LogP contribution in [0.1, 0.15) is 15.4 Å². The second-order valence-electron chi connectivity index (χ2n) is 2.65. The van der Waals surface area contributed by atoms with Crippen molar-refractivity contribution in [2.75, 3.05) is 0 Å². The van der Waals surface area contributed by atoms with E-state index in [-0.39, 0.29) is 5.78 Å². The fourth-order valence-electron chi connectivity index (χ4n) is 1.02. The van der Waals surface area contributed by atoms with Gasteiger partial charge >= 0.3 is 0 Å². The van der Waals surface area contributed by atoms with Crippen LogP contribution in [0, 0.1) is 0 Å². The molecule has 0 aromatic carbocycles. The van der Waals surface area contributed by atoms with Crippen LogP contribution in [-0.4, -0.2) is 20.7 Å². The molecule has 4 nitrogen and oxygen atoms in total. The van der Waals surface area contributed by atoms with Gasteiger partial charge in [0.25, 0.3) is 0 Å². The third kappa shape index (κ3) is 2.00. The lowest BCUT2D eigenvalue weighted by molar-refractivity contribution is 0.0992. The van der Waals surface area contributed by atoms with Gasteiger partial charge in [0.15, 0.2) is 5.78 Å². The van der Waals surface area contributed by atoms with Gasteiger partial charge in [-0.15, -0.1) is 11.3 Å². The zero-order valence-corrected chi connectivity index (χ0v) is 8.07. The maximum Gasteiger partial charge on any atom is 0.172 e. The zero-order chi connectivity index (χ0) is 9.80. The molecule has 0 saturated carbocycles. The van der Waals surface area contributed by atoms with E-state index in [0.29, 0.717) is 12.0 Å². The lowest BCUT2D eigenvalue weighted by Crippen LogP contribution is -2.03. The molecule has 0 amide bonds. The van der Waals surface area contributed by atoms with Crippen molar-refractivity contribution in [2.45, 2.75) is 6.42 Å². The topological polar surface area (TPSA) is 55.7 Å². The Morgan fingerprint density at radius 1 is 1.36 bits per heavy atom. The molecule has 0 aliphatic rings. The Bertz CT molecular complexity index is 413. The highest BCUT2D eigenvalue weighted by molar-refractivity contribution is 7.09. The van der Waals surface area contributed by atoms with Crippen molar-refractivity contribution < 1.29 is 4.79 Å². The summed E-state index contributed by atoms with van der Waals surface area (Å²) >= 11 is 1.47. The minimum absolute atomic E-state index is 0.000509. The molecule has 2 heterocycles. The third-order valence-electron chi connectivity index (χ3n) is 1.68. The molecule has 0 unspecified atom stereocenters. The Balaban J connectivity index is 2.11. The Morgan fingerprint density at radius 2 is 2.14 bits per heavy atom. The van der Waals surface area contributed by atoms with Crippen molar-refractivity contribution in [3.63, 3.8) is 0 Å². The number of thiazole rings is 1. The Labute approximate surface area is 84.7 Å². The highest BCUT2D eigenvalue weighted by Crippen LogP contribution is 2.08. The van der Waals surface area contributed by atoms with Crippen molar-refractivity contribution in [1.82, 2.24) is 15.0 Å². The second kappa shape index (κ2) is 4.06. The fraction of sp³-hybridized carbons (Fsp3) is 0.111. The first-order valence-electron chi connectivity index (χ1n) is 4.03. The Morgan fingerprint density at radius 3 is 2.79 bits per heavy atom. The standard InChI is InChI=1S/C9H7N3OS/c13-8(3-9-12-1-2-14-9)7-4-10-6-11-5-7/h1-2,4-6H,3H2. The van der Waals surface area contributed by atoms with Gasteiger partial charge in [-0.1, -0.05) is 0 Å². The molecule has 70 valence electrons. The number of aromatic nitrogens is 3. The fourth-order valence-corrected chi connectivity index (χ4v) is 1.64. The Hall–Kier alpha value is -1.62. The molecular weight excluding hydrogens is 198 g/mol. The van der Waals surface area contributed by atoms with E-state index in [1.165, 1.54) is 30.1 Å². The number of carbonyl (C=O) groups excluding carboxylic acids is 1. The first-order chi connectivity index (χ1) is 6.86. The smallest absolute Gasteiger partial charge is 0.172 e. The van der Waals surface area contributed by atoms with Crippen molar-refractivity contribution in [2.24, 2.45) is 0 Å². The molecule has 2 aromatic rings. The average Bonchev–Trinajstić information content (AvgIpc) is 2.72. The summed E-state index contributed by atoms with van der Waals surface area (Å²) in [6.07, 6.45) is 6.45. The van der Waals surface area contributed by atoms with Crippen molar-refractivity contribution in [1.29, 1.82) is 0 Å². The molecule has 0 atom stereocenters. The first-order valence-corrected chi connectivity index (χ1v) is 4.91. The van der Waals surface area contributed by atoms with Gasteiger partial charge in [-0.2, -0.15) is 0 Å². The Kier molecular flexibility index (Phi) is 2.60. The molecule has 0 fully saturated rings. The van der Waals surface area contributed by atoms with E-state index in [9.17, 15) is 4.79 Å². The van der Waals surface area contributed by atoms with Crippen molar-refractivity contribution in [3.8, 4) is 0 Å². The molecule has 14 heavy (non-hydrogen) atoms. The van der Waals surface area contributed by atoms with Gasteiger partial charge in [0, 0.05) is 24.0 Å². The minimum Gasteiger partial charge on any atom is -0.294 e. The van der Waals surface area contributed by atoms with E-state index in [0.717, 1.165) is 5.01 Å². The molecule has 0 aliphatic heterocycles. The third-order valence-corrected chi connectivity index (χ3v) is 2.46. The summed E-state index contributed by atoms with van der Waals surface area (Å²) in [7, 11) is 0. The summed E-state index contributed by atoms with van der Waals surface area (Å²) in [6.45, 7) is 0. The van der Waals surface area contributed by atoms with Gasteiger partial charge in [0.05, 0.1) is 12.0 Å². The summed E-state index contributed by atoms with van der Waals surface area (Å²) < 4.78 is 0. The van der Waals surface area contributed by atoms with Gasteiger partial charge in [-0.25, -0.2) is 15.0 Å². The van der Waals surface area contributed by atoms with Crippen LogP contribution in [0.2, 0.25) is 0 Å². The number of nitrogens with zero attached hydrogens (tertiary/aromatic N) is 3. The summed E-state index contributed by atoms with van der Waals surface area (Å²) in [6, 6.07) is 0. The van der Waals surface area contributed by atoms with Crippen LogP contribution in [-0.2, 0) is 6.42 Å². The average molecular weight is 205 g/mol. The number of hydrogen-bond acceptors (Lipinski definition) is 5. The maximum atomic E-state index is 11.6. The van der Waals surface area contributed by atoms with Gasteiger partial charge < -0.3 is 0 Å². The van der Waals surface area contributed by atoms with Crippen LogP contribution in [0.15, 0.2) is 30.3 Å². The van der Waals surface area contributed by atoms with Gasteiger partial charge in [0.1, 0.15) is 11.3 Å². The van der Waals surface area contributed by atoms with Crippen molar-refractivity contribution in [3.05, 3.63) is 40.9 Å². The minimum atomic E-state index is 0.000509. The van der Waals surface area contributed by atoms with Crippen LogP contribution >= 0.6 is 11.3 Å².